The summed E-state index contributed by atoms with van der Waals surface area (Å²) in [5.74, 6) is 0.678. The molecule has 138 valence electrons. The summed E-state index contributed by atoms with van der Waals surface area (Å²) in [5, 5.41) is 7.30. The van der Waals surface area contributed by atoms with Crippen molar-refractivity contribution < 1.29 is 9.59 Å². The molecule has 2 aliphatic rings. The van der Waals surface area contributed by atoms with Crippen LogP contribution in [0, 0.1) is 5.92 Å². The number of nitrogens with one attached hydrogen (secondary N) is 1. The van der Waals surface area contributed by atoms with Crippen LogP contribution in [0.15, 0.2) is 12.4 Å². The van der Waals surface area contributed by atoms with E-state index >= 15 is 0 Å². The molecule has 1 aliphatic heterocycles. The van der Waals surface area contributed by atoms with Crippen molar-refractivity contribution in [3.05, 3.63) is 18.0 Å². The number of hydrogen-bond acceptors (Lipinski definition) is 3. The number of likely N-dealkylation sites (tertiary alicyclic amines) is 1. The van der Waals surface area contributed by atoms with Crippen molar-refractivity contribution in [2.45, 2.75) is 77.4 Å². The summed E-state index contributed by atoms with van der Waals surface area (Å²) in [7, 11) is 0. The largest absolute Gasteiger partial charge is 0.352 e. The van der Waals surface area contributed by atoms with Gasteiger partial charge in [0.05, 0.1) is 11.8 Å². The molecule has 1 aliphatic carbocycles. The van der Waals surface area contributed by atoms with Gasteiger partial charge in [0.1, 0.15) is 6.54 Å². The van der Waals surface area contributed by atoms with Gasteiger partial charge in [-0.15, -0.1) is 0 Å². The Kier molecular flexibility index (Phi) is 5.76. The fourth-order valence-corrected chi connectivity index (χ4v) is 4.10. The van der Waals surface area contributed by atoms with E-state index in [1.54, 1.807) is 17.1 Å². The van der Waals surface area contributed by atoms with Crippen molar-refractivity contribution in [3.8, 4) is 0 Å². The number of rotatable bonds is 4. The van der Waals surface area contributed by atoms with E-state index in [0.29, 0.717) is 17.5 Å². The number of carbonyl (C=O) groups excluding carboxylic acids is 2. The minimum absolute atomic E-state index is 0.0193. The average molecular weight is 346 g/mol. The predicted octanol–water partition coefficient (Wildman–Crippen LogP) is 2.59. The molecule has 0 radical (unpaired) electrons. The molecule has 1 saturated heterocycles. The quantitative estimate of drug-likeness (QED) is 0.911. The first-order valence-corrected chi connectivity index (χ1v) is 9.65. The molecule has 1 N–H and O–H groups in total. The normalized spacial score (nSPS) is 25.0. The molecule has 25 heavy (non-hydrogen) atoms. The Hall–Kier alpha value is -1.85. The highest BCUT2D eigenvalue weighted by Gasteiger charge is 2.28. The third-order valence-electron chi connectivity index (χ3n) is 5.56. The van der Waals surface area contributed by atoms with E-state index in [1.807, 2.05) is 4.90 Å². The molecule has 0 bridgehead atoms. The standard InChI is InChI=1S/C19H30N4O2/c1-14-8-9-23(15(2)10-14)19(25)16-11-20-22(12-16)13-18(24)21-17-6-4-3-5-7-17/h11-12,14-15,17H,3-10,13H2,1-2H3,(H,21,24)/t14-,15+/m1/s1. The molecule has 2 fully saturated rings. The molecule has 0 spiro atoms. The lowest BCUT2D eigenvalue weighted by Gasteiger charge is -2.36. The van der Waals surface area contributed by atoms with Crippen molar-refractivity contribution in [2.75, 3.05) is 6.54 Å². The Labute approximate surface area is 149 Å². The zero-order chi connectivity index (χ0) is 17.8. The topological polar surface area (TPSA) is 67.2 Å². The van der Waals surface area contributed by atoms with Gasteiger partial charge < -0.3 is 10.2 Å². The number of nitrogens with zero attached hydrogens (tertiary/aromatic N) is 3. The van der Waals surface area contributed by atoms with Crippen LogP contribution in [-0.2, 0) is 11.3 Å². The molecule has 2 heterocycles. The molecule has 1 saturated carbocycles. The number of carbonyl (C=O) groups is 2. The predicted molar refractivity (Wildman–Crippen MR) is 96.1 cm³/mol. The van der Waals surface area contributed by atoms with Crippen molar-refractivity contribution in [2.24, 2.45) is 5.92 Å². The molecule has 1 aromatic heterocycles. The van der Waals surface area contributed by atoms with Gasteiger partial charge in [-0.1, -0.05) is 26.2 Å². The van der Waals surface area contributed by atoms with Crippen molar-refractivity contribution in [1.82, 2.24) is 20.0 Å². The maximum Gasteiger partial charge on any atom is 0.257 e. The number of piperidine rings is 1. The van der Waals surface area contributed by atoms with Crippen LogP contribution in [0.4, 0.5) is 0 Å². The lowest BCUT2D eigenvalue weighted by Crippen LogP contribution is -2.44. The minimum Gasteiger partial charge on any atom is -0.352 e. The maximum atomic E-state index is 12.7. The first-order chi connectivity index (χ1) is 12.0. The molecule has 0 aromatic carbocycles. The van der Waals surface area contributed by atoms with Gasteiger partial charge in [0.2, 0.25) is 5.91 Å². The average Bonchev–Trinajstić information content (AvgIpc) is 3.03. The van der Waals surface area contributed by atoms with Gasteiger partial charge in [0.25, 0.3) is 5.91 Å². The summed E-state index contributed by atoms with van der Waals surface area (Å²) in [6, 6.07) is 0.559. The summed E-state index contributed by atoms with van der Waals surface area (Å²) >= 11 is 0. The Morgan fingerprint density at radius 1 is 1.20 bits per heavy atom. The highest BCUT2D eigenvalue weighted by Crippen LogP contribution is 2.23. The third-order valence-corrected chi connectivity index (χ3v) is 5.56. The number of hydrogen-bond donors (Lipinski definition) is 1. The van der Waals surface area contributed by atoms with E-state index in [-0.39, 0.29) is 24.4 Å². The Morgan fingerprint density at radius 3 is 2.68 bits per heavy atom. The molecular weight excluding hydrogens is 316 g/mol. The Morgan fingerprint density at radius 2 is 1.96 bits per heavy atom. The highest BCUT2D eigenvalue weighted by molar-refractivity contribution is 5.94. The molecular formula is C19H30N4O2. The van der Waals surface area contributed by atoms with Crippen LogP contribution in [0.2, 0.25) is 0 Å². The second-order valence-electron chi connectivity index (χ2n) is 7.81. The molecule has 1 aromatic rings. The zero-order valence-electron chi connectivity index (χ0n) is 15.4. The van der Waals surface area contributed by atoms with E-state index in [1.165, 1.54) is 19.3 Å². The van der Waals surface area contributed by atoms with E-state index in [9.17, 15) is 9.59 Å². The van der Waals surface area contributed by atoms with Crippen LogP contribution in [0.5, 0.6) is 0 Å². The molecule has 3 rings (SSSR count). The SMILES string of the molecule is C[C@@H]1CCN(C(=O)c2cnn(CC(=O)NC3CCCCC3)c2)[C@@H](C)C1. The van der Waals surface area contributed by atoms with Crippen LogP contribution in [0.25, 0.3) is 0 Å². The monoisotopic (exact) mass is 346 g/mol. The molecule has 0 unspecified atom stereocenters. The number of aromatic nitrogens is 2. The second-order valence-corrected chi connectivity index (χ2v) is 7.81. The second kappa shape index (κ2) is 8.02. The summed E-state index contributed by atoms with van der Waals surface area (Å²) in [6.07, 6.45) is 11.2. The zero-order valence-corrected chi connectivity index (χ0v) is 15.4. The Balaban J connectivity index is 1.54. The molecule has 6 nitrogen and oxygen atoms in total. The summed E-state index contributed by atoms with van der Waals surface area (Å²) in [5.41, 5.74) is 0.576. The van der Waals surface area contributed by atoms with Crippen LogP contribution < -0.4 is 5.32 Å². The molecule has 2 atom stereocenters. The van der Waals surface area contributed by atoms with Crippen LogP contribution in [0.1, 0.15) is 69.2 Å². The lowest BCUT2D eigenvalue weighted by molar-refractivity contribution is -0.122. The summed E-state index contributed by atoms with van der Waals surface area (Å²) in [6.45, 7) is 5.32. The van der Waals surface area contributed by atoms with Gasteiger partial charge >= 0.3 is 0 Å². The van der Waals surface area contributed by atoms with E-state index in [4.69, 9.17) is 0 Å². The van der Waals surface area contributed by atoms with Crippen molar-refractivity contribution in [3.63, 3.8) is 0 Å². The van der Waals surface area contributed by atoms with Crippen molar-refractivity contribution >= 4 is 11.8 Å². The van der Waals surface area contributed by atoms with E-state index in [2.05, 4.69) is 24.3 Å². The van der Waals surface area contributed by atoms with Gasteiger partial charge in [-0.3, -0.25) is 14.3 Å². The van der Waals surface area contributed by atoms with Crippen LogP contribution in [-0.4, -0.2) is 45.1 Å². The molecule has 2 amide bonds. The van der Waals surface area contributed by atoms with Crippen LogP contribution in [0.3, 0.4) is 0 Å². The van der Waals surface area contributed by atoms with E-state index in [0.717, 1.165) is 32.2 Å². The fourth-order valence-electron chi connectivity index (χ4n) is 4.10. The van der Waals surface area contributed by atoms with Crippen LogP contribution >= 0.6 is 0 Å². The van der Waals surface area contributed by atoms with Gasteiger partial charge in [-0.25, -0.2) is 0 Å². The maximum absolute atomic E-state index is 12.7. The van der Waals surface area contributed by atoms with E-state index < -0.39 is 0 Å². The lowest BCUT2D eigenvalue weighted by atomic mass is 9.93. The van der Waals surface area contributed by atoms with Gasteiger partial charge in [0, 0.05) is 24.8 Å². The van der Waals surface area contributed by atoms with Gasteiger partial charge in [-0.05, 0) is 38.5 Å². The summed E-state index contributed by atoms with van der Waals surface area (Å²) in [4.78, 5) is 26.8. The van der Waals surface area contributed by atoms with Gasteiger partial charge in [-0.2, -0.15) is 5.10 Å². The third kappa shape index (κ3) is 4.61. The fraction of sp³-hybridized carbons (Fsp3) is 0.737. The molecule has 6 heteroatoms. The first-order valence-electron chi connectivity index (χ1n) is 9.65. The smallest absolute Gasteiger partial charge is 0.257 e. The number of amides is 2. The first kappa shape index (κ1) is 18.0. The van der Waals surface area contributed by atoms with Crippen molar-refractivity contribution in [1.29, 1.82) is 0 Å². The minimum atomic E-state index is -0.0193. The van der Waals surface area contributed by atoms with Gasteiger partial charge in [0.15, 0.2) is 0 Å². The summed E-state index contributed by atoms with van der Waals surface area (Å²) < 4.78 is 1.57. The highest BCUT2D eigenvalue weighted by atomic mass is 16.2. The Bertz CT molecular complexity index is 606.